The first kappa shape index (κ1) is 27.2. The lowest BCUT2D eigenvalue weighted by Crippen LogP contribution is -2.23. The molecule has 5 nitrogen and oxygen atoms in total. The molecule has 0 bridgehead atoms. The van der Waals surface area contributed by atoms with Crippen molar-refractivity contribution in [2.45, 2.75) is 47.2 Å². The van der Waals surface area contributed by atoms with Gasteiger partial charge >= 0.3 is 0 Å². The molecule has 4 rings (SSSR count). The van der Waals surface area contributed by atoms with Crippen LogP contribution in [-0.4, -0.2) is 34.9 Å². The van der Waals surface area contributed by atoms with Gasteiger partial charge in [0.05, 0.1) is 5.69 Å². The Morgan fingerprint density at radius 1 is 0.868 bits per heavy atom. The second-order valence-corrected chi connectivity index (χ2v) is 11.5. The Bertz CT molecular complexity index is 1380. The van der Waals surface area contributed by atoms with Gasteiger partial charge in [-0.1, -0.05) is 57.2 Å². The number of nitrogens with one attached hydrogen (secondary N) is 1. The van der Waals surface area contributed by atoms with E-state index < -0.39 is 0 Å². The summed E-state index contributed by atoms with van der Waals surface area (Å²) in [7, 11) is 4.13. The van der Waals surface area contributed by atoms with Gasteiger partial charge in [0, 0.05) is 42.3 Å². The van der Waals surface area contributed by atoms with Crippen LogP contribution in [-0.2, 0) is 19.5 Å². The molecule has 0 fully saturated rings. The van der Waals surface area contributed by atoms with E-state index in [9.17, 15) is 4.79 Å². The number of carbonyl (C=O) groups excluding carboxylic acids is 1. The highest BCUT2D eigenvalue weighted by molar-refractivity contribution is 5.97. The van der Waals surface area contributed by atoms with Crippen molar-refractivity contribution in [1.29, 1.82) is 0 Å². The largest absolute Gasteiger partial charge is 0.348 e. The minimum Gasteiger partial charge on any atom is -0.348 e. The highest BCUT2D eigenvalue weighted by Gasteiger charge is 2.15. The second-order valence-electron chi connectivity index (χ2n) is 11.5. The highest BCUT2D eigenvalue weighted by Crippen LogP contribution is 2.31. The van der Waals surface area contributed by atoms with Crippen molar-refractivity contribution in [3.05, 3.63) is 107 Å². The third kappa shape index (κ3) is 7.36. The molecule has 0 saturated heterocycles. The number of hydrogen-bond acceptors (Lipinski definition) is 4. The Kier molecular flexibility index (Phi) is 8.38. The molecule has 5 heteroatoms. The van der Waals surface area contributed by atoms with Gasteiger partial charge in [-0.05, 0) is 91.0 Å². The number of hydrogen-bond donors (Lipinski definition) is 1. The first-order valence-corrected chi connectivity index (χ1v) is 13.1. The van der Waals surface area contributed by atoms with Gasteiger partial charge in [-0.15, -0.1) is 0 Å². The average molecular weight is 507 g/mol. The van der Waals surface area contributed by atoms with Crippen molar-refractivity contribution in [2.75, 3.05) is 14.1 Å². The normalized spacial score (nSPS) is 11.6. The standard InChI is InChI=1S/C33H38N4O/c1-23-11-12-25(20-34-23)21-36-32(38)29-16-27(30-10-8-7-9-26(30)22-37(5)6)15-28(17-29)31-14-13-24(19-35-31)18-33(2,3)4/h7-17,19-20H,18,21-22H2,1-6H3,(H,36,38). The van der Waals surface area contributed by atoms with Crippen molar-refractivity contribution in [3.8, 4) is 22.4 Å². The fourth-order valence-electron chi connectivity index (χ4n) is 4.54. The molecule has 2 heterocycles. The van der Waals surface area contributed by atoms with Crippen molar-refractivity contribution in [1.82, 2.24) is 20.2 Å². The lowest BCUT2D eigenvalue weighted by molar-refractivity contribution is 0.0951. The van der Waals surface area contributed by atoms with Gasteiger partial charge in [0.15, 0.2) is 0 Å². The fraction of sp³-hybridized carbons (Fsp3) is 0.303. The summed E-state index contributed by atoms with van der Waals surface area (Å²) >= 11 is 0. The van der Waals surface area contributed by atoms with Gasteiger partial charge in [-0.3, -0.25) is 14.8 Å². The summed E-state index contributed by atoms with van der Waals surface area (Å²) in [5.74, 6) is -0.122. The number of aromatic nitrogens is 2. The number of rotatable bonds is 8. The van der Waals surface area contributed by atoms with Crippen LogP contribution in [0.15, 0.2) is 79.1 Å². The Morgan fingerprint density at radius 2 is 1.58 bits per heavy atom. The lowest BCUT2D eigenvalue weighted by atomic mass is 9.88. The molecule has 4 aromatic rings. The molecule has 196 valence electrons. The van der Waals surface area contributed by atoms with E-state index in [1.165, 1.54) is 11.1 Å². The van der Waals surface area contributed by atoms with E-state index in [4.69, 9.17) is 4.98 Å². The maximum absolute atomic E-state index is 13.4. The molecule has 38 heavy (non-hydrogen) atoms. The first-order chi connectivity index (χ1) is 18.1. The molecule has 0 atom stereocenters. The molecule has 2 aromatic heterocycles. The van der Waals surface area contributed by atoms with Crippen LogP contribution in [0.4, 0.5) is 0 Å². The van der Waals surface area contributed by atoms with Crippen molar-refractivity contribution in [3.63, 3.8) is 0 Å². The fourth-order valence-corrected chi connectivity index (χ4v) is 4.54. The van der Waals surface area contributed by atoms with E-state index in [0.29, 0.717) is 12.1 Å². The molecule has 1 N–H and O–H groups in total. The number of amides is 1. The minimum absolute atomic E-state index is 0.122. The number of aryl methyl sites for hydroxylation is 1. The molecule has 0 aliphatic rings. The predicted molar refractivity (Wildman–Crippen MR) is 156 cm³/mol. The third-order valence-electron chi connectivity index (χ3n) is 6.29. The number of pyridine rings is 2. The Balaban J connectivity index is 1.71. The quantitative estimate of drug-likeness (QED) is 0.289. The zero-order valence-electron chi connectivity index (χ0n) is 23.4. The van der Waals surface area contributed by atoms with E-state index in [-0.39, 0.29) is 11.3 Å². The second kappa shape index (κ2) is 11.7. The summed E-state index contributed by atoms with van der Waals surface area (Å²) in [6, 6.07) is 22.6. The van der Waals surface area contributed by atoms with Crippen LogP contribution >= 0.6 is 0 Å². The summed E-state index contributed by atoms with van der Waals surface area (Å²) in [6.07, 6.45) is 4.72. The van der Waals surface area contributed by atoms with Crippen molar-refractivity contribution in [2.24, 2.45) is 5.41 Å². The molecule has 0 aliphatic carbocycles. The number of nitrogens with zero attached hydrogens (tertiary/aromatic N) is 3. The minimum atomic E-state index is -0.122. The maximum Gasteiger partial charge on any atom is 0.251 e. The van der Waals surface area contributed by atoms with Crippen LogP contribution in [0.2, 0.25) is 0 Å². The molecule has 0 spiro atoms. The third-order valence-corrected chi connectivity index (χ3v) is 6.29. The van der Waals surface area contributed by atoms with E-state index in [0.717, 1.165) is 46.6 Å². The van der Waals surface area contributed by atoms with E-state index in [2.05, 4.69) is 86.5 Å². The average Bonchev–Trinajstić information content (AvgIpc) is 2.87. The molecule has 1 amide bonds. The monoisotopic (exact) mass is 506 g/mol. The van der Waals surface area contributed by atoms with Gasteiger partial charge < -0.3 is 10.2 Å². The van der Waals surface area contributed by atoms with Crippen LogP contribution in [0.1, 0.15) is 53.5 Å². The van der Waals surface area contributed by atoms with Crippen LogP contribution in [0.25, 0.3) is 22.4 Å². The summed E-state index contributed by atoms with van der Waals surface area (Å²) in [6.45, 7) is 9.87. The zero-order valence-corrected chi connectivity index (χ0v) is 23.4. The molecule has 2 aromatic carbocycles. The summed E-state index contributed by atoms with van der Waals surface area (Å²) in [5, 5.41) is 3.07. The number of carbonyl (C=O) groups is 1. The summed E-state index contributed by atoms with van der Waals surface area (Å²) in [4.78, 5) is 24.6. The van der Waals surface area contributed by atoms with Crippen LogP contribution in [0.3, 0.4) is 0 Å². The van der Waals surface area contributed by atoms with Gasteiger partial charge in [0.2, 0.25) is 0 Å². The van der Waals surface area contributed by atoms with Crippen molar-refractivity contribution < 1.29 is 4.79 Å². The Morgan fingerprint density at radius 3 is 2.24 bits per heavy atom. The zero-order chi connectivity index (χ0) is 27.3. The smallest absolute Gasteiger partial charge is 0.251 e. The van der Waals surface area contributed by atoms with Crippen molar-refractivity contribution >= 4 is 5.91 Å². The van der Waals surface area contributed by atoms with E-state index >= 15 is 0 Å². The molecule has 0 radical (unpaired) electrons. The molecular formula is C33H38N4O. The molecule has 0 aliphatic heterocycles. The topological polar surface area (TPSA) is 58.1 Å². The predicted octanol–water partition coefficient (Wildman–Crippen LogP) is 6.70. The number of benzene rings is 2. The molecule has 0 unspecified atom stereocenters. The van der Waals surface area contributed by atoms with E-state index in [1.54, 1.807) is 6.20 Å². The van der Waals surface area contributed by atoms with Crippen LogP contribution < -0.4 is 5.32 Å². The Hall–Kier alpha value is -3.83. The summed E-state index contributed by atoms with van der Waals surface area (Å²) < 4.78 is 0. The van der Waals surface area contributed by atoms with Gasteiger partial charge in [0.25, 0.3) is 5.91 Å². The lowest BCUT2D eigenvalue weighted by Gasteiger charge is -2.18. The summed E-state index contributed by atoms with van der Waals surface area (Å²) in [5.41, 5.74) is 9.03. The SMILES string of the molecule is Cc1ccc(CNC(=O)c2cc(-c3ccc(CC(C)(C)C)cn3)cc(-c3ccccc3CN(C)C)c2)cn1. The molecule has 0 saturated carbocycles. The van der Waals surface area contributed by atoms with E-state index in [1.807, 2.05) is 43.5 Å². The Labute approximate surface area is 227 Å². The van der Waals surface area contributed by atoms with Gasteiger partial charge in [-0.25, -0.2) is 0 Å². The maximum atomic E-state index is 13.4. The van der Waals surface area contributed by atoms with Gasteiger partial charge in [0.1, 0.15) is 0 Å². The highest BCUT2D eigenvalue weighted by atomic mass is 16.1. The molecular weight excluding hydrogens is 468 g/mol. The van der Waals surface area contributed by atoms with Crippen LogP contribution in [0, 0.1) is 12.3 Å². The first-order valence-electron chi connectivity index (χ1n) is 13.1. The van der Waals surface area contributed by atoms with Crippen LogP contribution in [0.5, 0.6) is 0 Å². The van der Waals surface area contributed by atoms with Gasteiger partial charge in [-0.2, -0.15) is 0 Å².